The summed E-state index contributed by atoms with van der Waals surface area (Å²) in [5.41, 5.74) is 0.974. The predicted octanol–water partition coefficient (Wildman–Crippen LogP) is 1.83. The van der Waals surface area contributed by atoms with Gasteiger partial charge in [-0.15, -0.1) is 0 Å². The van der Waals surface area contributed by atoms with Crippen molar-refractivity contribution in [3.8, 4) is 0 Å². The molecule has 10 heteroatoms. The minimum absolute atomic E-state index is 0.191. The van der Waals surface area contributed by atoms with Crippen molar-refractivity contribution in [1.82, 2.24) is 20.3 Å². The summed E-state index contributed by atoms with van der Waals surface area (Å²) < 4.78 is 10.3. The summed E-state index contributed by atoms with van der Waals surface area (Å²) in [6.07, 6.45) is 1.05. The number of methoxy groups -OCH3 is 2. The molecule has 3 heterocycles. The zero-order valence-electron chi connectivity index (χ0n) is 16.6. The van der Waals surface area contributed by atoms with Gasteiger partial charge in [0.2, 0.25) is 0 Å². The quantitative estimate of drug-likeness (QED) is 0.684. The van der Waals surface area contributed by atoms with Crippen molar-refractivity contribution in [1.29, 1.82) is 0 Å². The summed E-state index contributed by atoms with van der Waals surface area (Å²) in [6.45, 7) is 3.08. The first-order valence-corrected chi connectivity index (χ1v) is 9.73. The molecule has 0 bridgehead atoms. The van der Waals surface area contributed by atoms with Crippen LogP contribution in [0.15, 0.2) is 18.2 Å². The first-order chi connectivity index (χ1) is 14.0. The molecule has 0 aromatic carbocycles. The van der Waals surface area contributed by atoms with Crippen LogP contribution in [0.25, 0.3) is 0 Å². The summed E-state index contributed by atoms with van der Waals surface area (Å²) in [4.78, 5) is 37.7. The van der Waals surface area contributed by atoms with Crippen molar-refractivity contribution >= 4 is 29.3 Å². The van der Waals surface area contributed by atoms with E-state index in [2.05, 4.69) is 20.3 Å². The third-order valence-corrected chi connectivity index (χ3v) is 5.24. The van der Waals surface area contributed by atoms with Crippen molar-refractivity contribution in [2.24, 2.45) is 0 Å². The molecule has 1 amide bonds. The van der Waals surface area contributed by atoms with Crippen LogP contribution in [0.4, 0.5) is 5.82 Å². The lowest BCUT2D eigenvalue weighted by atomic mass is 10.0. The summed E-state index contributed by atoms with van der Waals surface area (Å²) >= 11 is 6.03. The highest BCUT2D eigenvalue weighted by Gasteiger charge is 2.32. The van der Waals surface area contributed by atoms with E-state index in [-0.39, 0.29) is 29.6 Å². The SMILES string of the molecule is CCc1[nH]c(C(=O)NC2CCN(c3cccc(C(=O)OC)n3)CC2OC)nc1Cl. The molecule has 2 N–H and O–H groups in total. The number of aryl methyl sites for hydroxylation is 1. The Morgan fingerprint density at radius 3 is 2.79 bits per heavy atom. The zero-order valence-corrected chi connectivity index (χ0v) is 17.3. The van der Waals surface area contributed by atoms with E-state index in [1.807, 2.05) is 17.9 Å². The van der Waals surface area contributed by atoms with Crippen molar-refractivity contribution in [2.75, 3.05) is 32.2 Å². The second-order valence-corrected chi connectivity index (χ2v) is 7.03. The van der Waals surface area contributed by atoms with Gasteiger partial charge >= 0.3 is 5.97 Å². The molecule has 9 nitrogen and oxygen atoms in total. The van der Waals surface area contributed by atoms with Crippen LogP contribution in [0, 0.1) is 0 Å². The molecule has 29 heavy (non-hydrogen) atoms. The number of carbonyl (C=O) groups excluding carboxylic acids is 2. The second kappa shape index (κ2) is 9.23. The Hall–Kier alpha value is -2.65. The summed E-state index contributed by atoms with van der Waals surface area (Å²) in [5, 5.41) is 3.29. The highest BCUT2D eigenvalue weighted by molar-refractivity contribution is 6.30. The van der Waals surface area contributed by atoms with Crippen LogP contribution < -0.4 is 10.2 Å². The van der Waals surface area contributed by atoms with Crippen LogP contribution in [0.2, 0.25) is 5.15 Å². The number of pyridine rings is 1. The van der Waals surface area contributed by atoms with Crippen molar-refractivity contribution in [3.05, 3.63) is 40.6 Å². The monoisotopic (exact) mass is 421 g/mol. The number of nitrogens with zero attached hydrogens (tertiary/aromatic N) is 3. The highest BCUT2D eigenvalue weighted by atomic mass is 35.5. The molecule has 1 aliphatic heterocycles. The topological polar surface area (TPSA) is 109 Å². The highest BCUT2D eigenvalue weighted by Crippen LogP contribution is 2.21. The van der Waals surface area contributed by atoms with E-state index in [1.54, 1.807) is 19.2 Å². The molecule has 0 aliphatic carbocycles. The molecule has 156 valence electrons. The minimum Gasteiger partial charge on any atom is -0.464 e. The van der Waals surface area contributed by atoms with Gasteiger partial charge < -0.3 is 24.7 Å². The van der Waals surface area contributed by atoms with E-state index < -0.39 is 5.97 Å². The molecule has 0 saturated carbocycles. The third-order valence-electron chi connectivity index (χ3n) is 4.93. The number of carbonyl (C=O) groups is 2. The van der Waals surface area contributed by atoms with E-state index in [9.17, 15) is 9.59 Å². The number of anilines is 1. The molecule has 2 atom stereocenters. The Morgan fingerprint density at radius 2 is 2.14 bits per heavy atom. The number of halogens is 1. The van der Waals surface area contributed by atoms with E-state index in [0.29, 0.717) is 36.9 Å². The van der Waals surface area contributed by atoms with E-state index in [0.717, 1.165) is 5.69 Å². The van der Waals surface area contributed by atoms with Crippen molar-refractivity contribution in [3.63, 3.8) is 0 Å². The lowest BCUT2D eigenvalue weighted by Crippen LogP contribution is -2.55. The number of hydrogen-bond acceptors (Lipinski definition) is 7. The van der Waals surface area contributed by atoms with E-state index >= 15 is 0 Å². The van der Waals surface area contributed by atoms with Crippen molar-refractivity contribution in [2.45, 2.75) is 31.9 Å². The fraction of sp³-hybridized carbons (Fsp3) is 0.474. The number of imidazole rings is 1. The average molecular weight is 422 g/mol. The van der Waals surface area contributed by atoms with Gasteiger partial charge in [-0.2, -0.15) is 0 Å². The van der Waals surface area contributed by atoms with Crippen LogP contribution >= 0.6 is 11.6 Å². The van der Waals surface area contributed by atoms with Crippen molar-refractivity contribution < 1.29 is 19.1 Å². The predicted molar refractivity (Wildman–Crippen MR) is 107 cm³/mol. The number of H-pyrrole nitrogens is 1. The maximum atomic E-state index is 12.6. The van der Waals surface area contributed by atoms with Crippen LogP contribution in [-0.4, -0.2) is 66.3 Å². The first kappa shape index (κ1) is 21.1. The molecule has 2 aromatic heterocycles. The number of piperidine rings is 1. The van der Waals surface area contributed by atoms with Gasteiger partial charge in [-0.25, -0.2) is 14.8 Å². The van der Waals surface area contributed by atoms with Gasteiger partial charge in [0.1, 0.15) is 5.82 Å². The van der Waals surface area contributed by atoms with E-state index in [4.69, 9.17) is 21.1 Å². The number of ether oxygens (including phenoxy) is 2. The smallest absolute Gasteiger partial charge is 0.356 e. The summed E-state index contributed by atoms with van der Waals surface area (Å²) in [5.74, 6) is 0.0421. The Labute approximate surface area is 173 Å². The van der Waals surface area contributed by atoms with Gasteiger partial charge in [0.15, 0.2) is 16.7 Å². The number of aromatic nitrogens is 3. The van der Waals surface area contributed by atoms with Gasteiger partial charge in [-0.1, -0.05) is 24.6 Å². The molecule has 2 unspecified atom stereocenters. The number of nitrogens with one attached hydrogen (secondary N) is 2. The minimum atomic E-state index is -0.485. The fourth-order valence-electron chi connectivity index (χ4n) is 3.31. The van der Waals surface area contributed by atoms with Gasteiger partial charge in [0, 0.05) is 20.2 Å². The van der Waals surface area contributed by atoms with Gasteiger partial charge in [-0.05, 0) is 25.0 Å². The van der Waals surface area contributed by atoms with Crippen LogP contribution in [0.5, 0.6) is 0 Å². The second-order valence-electron chi connectivity index (χ2n) is 6.67. The Kier molecular flexibility index (Phi) is 6.71. The maximum Gasteiger partial charge on any atom is 0.356 e. The molecule has 1 aliphatic rings. The number of amides is 1. The van der Waals surface area contributed by atoms with Crippen LogP contribution in [0.3, 0.4) is 0 Å². The largest absolute Gasteiger partial charge is 0.464 e. The molecule has 3 rings (SSSR count). The lowest BCUT2D eigenvalue weighted by molar-refractivity contribution is 0.0535. The molecule has 2 aromatic rings. The Balaban J connectivity index is 1.68. The number of aromatic amines is 1. The van der Waals surface area contributed by atoms with Crippen LogP contribution in [-0.2, 0) is 15.9 Å². The van der Waals surface area contributed by atoms with Gasteiger partial charge in [-0.3, -0.25) is 4.79 Å². The zero-order chi connectivity index (χ0) is 21.0. The standard InChI is InChI=1S/C19H24ClN5O4/c1-4-11-16(20)24-17(22-11)18(26)23-12-8-9-25(10-14(12)28-2)15-7-5-6-13(21-15)19(27)29-3/h5-7,12,14H,4,8-10H2,1-3H3,(H,22,24)(H,23,26). The maximum absolute atomic E-state index is 12.6. The fourth-order valence-corrected chi connectivity index (χ4v) is 3.58. The third kappa shape index (κ3) is 4.68. The summed E-state index contributed by atoms with van der Waals surface area (Å²) in [6, 6.07) is 5.00. The first-order valence-electron chi connectivity index (χ1n) is 9.35. The van der Waals surface area contributed by atoms with Gasteiger partial charge in [0.05, 0.1) is 24.9 Å². The van der Waals surface area contributed by atoms with Gasteiger partial charge in [0.25, 0.3) is 5.91 Å². The molecule has 0 spiro atoms. The number of rotatable bonds is 6. The molecular weight excluding hydrogens is 398 g/mol. The molecule has 1 saturated heterocycles. The lowest BCUT2D eigenvalue weighted by Gasteiger charge is -2.38. The Bertz CT molecular complexity index is 887. The number of esters is 1. The average Bonchev–Trinajstić information content (AvgIpc) is 3.14. The normalized spacial score (nSPS) is 19.1. The van der Waals surface area contributed by atoms with Crippen LogP contribution in [0.1, 0.15) is 40.1 Å². The molecule has 0 radical (unpaired) electrons. The summed E-state index contributed by atoms with van der Waals surface area (Å²) in [7, 11) is 2.92. The number of hydrogen-bond donors (Lipinski definition) is 2. The molecular formula is C19H24ClN5O4. The molecule has 1 fully saturated rings. The Morgan fingerprint density at radius 1 is 1.34 bits per heavy atom. The van der Waals surface area contributed by atoms with E-state index in [1.165, 1.54) is 7.11 Å².